The molecule has 0 radical (unpaired) electrons. The number of carbonyl (C=O) groups excluding carboxylic acids is 4. The third-order valence-electron chi connectivity index (χ3n) is 4.69. The third-order valence-corrected chi connectivity index (χ3v) is 4.69. The molecule has 0 aliphatic carbocycles. The maximum Gasteiger partial charge on any atom is 0.338 e. The smallest absolute Gasteiger partial charge is 0.338 e. The van der Waals surface area contributed by atoms with Gasteiger partial charge in [0.1, 0.15) is 0 Å². The van der Waals surface area contributed by atoms with Gasteiger partial charge in [-0.2, -0.15) is 0 Å². The van der Waals surface area contributed by atoms with E-state index < -0.39 is 29.3 Å². The minimum atomic E-state index is -0.678. The number of rotatable bonds is 13. The summed E-state index contributed by atoms with van der Waals surface area (Å²) in [6.45, 7) is 1.64. The van der Waals surface area contributed by atoms with Gasteiger partial charge >= 0.3 is 17.6 Å². The van der Waals surface area contributed by atoms with Gasteiger partial charge < -0.3 is 19.5 Å². The lowest BCUT2D eigenvalue weighted by atomic mass is 10.1. The lowest BCUT2D eigenvalue weighted by molar-refractivity contribution is -0.385. The lowest BCUT2D eigenvalue weighted by Gasteiger charge is -2.07. The number of Topliss-reactive ketones (excluding diaryl/α,β-unsaturated/α-hetero) is 1. The molecule has 0 saturated carbocycles. The second-order valence-electron chi connectivity index (χ2n) is 7.34. The average Bonchev–Trinajstić information content (AvgIpc) is 2.85. The molecule has 186 valence electrons. The van der Waals surface area contributed by atoms with E-state index in [0.29, 0.717) is 17.9 Å². The summed E-state index contributed by atoms with van der Waals surface area (Å²) < 4.78 is 14.8. The van der Waals surface area contributed by atoms with Crippen LogP contribution in [-0.4, -0.2) is 48.9 Å². The van der Waals surface area contributed by atoms with Crippen molar-refractivity contribution in [1.82, 2.24) is 0 Å². The molecule has 2 rings (SSSR count). The van der Waals surface area contributed by atoms with Gasteiger partial charge in [-0.25, -0.2) is 4.79 Å². The Morgan fingerprint density at radius 3 is 2.29 bits per heavy atom. The number of ether oxygens (including phenoxy) is 3. The van der Waals surface area contributed by atoms with Crippen LogP contribution in [0.25, 0.3) is 0 Å². The Kier molecular flexibility index (Phi) is 10.3. The maximum absolute atomic E-state index is 12.2. The number of esters is 2. The van der Waals surface area contributed by atoms with Crippen LogP contribution < -0.4 is 10.1 Å². The zero-order valence-electron chi connectivity index (χ0n) is 19.4. The standard InChI is InChI=1S/C24H26N2O9/c1-3-13-34-24(30)16-7-10-18(11-8-16)25-22(28)5-4-6-23(29)35-15-20(27)17-9-12-21(33-2)19(14-17)26(31)32/h7-12,14H,3-6,13,15H2,1-2H3,(H,25,28). The van der Waals surface area contributed by atoms with Gasteiger partial charge in [0.05, 0.1) is 24.2 Å². The summed E-state index contributed by atoms with van der Waals surface area (Å²) in [6, 6.07) is 9.91. The van der Waals surface area contributed by atoms with Gasteiger partial charge in [-0.15, -0.1) is 0 Å². The van der Waals surface area contributed by atoms with Gasteiger partial charge in [-0.3, -0.25) is 24.5 Å². The van der Waals surface area contributed by atoms with Crippen molar-refractivity contribution in [3.05, 3.63) is 63.7 Å². The second-order valence-corrected chi connectivity index (χ2v) is 7.34. The minimum absolute atomic E-state index is 0.00671. The Bertz CT molecular complexity index is 1080. The number of nitro benzene ring substituents is 1. The molecule has 1 amide bonds. The molecule has 0 fully saturated rings. The number of benzene rings is 2. The van der Waals surface area contributed by atoms with E-state index in [2.05, 4.69) is 5.32 Å². The molecule has 0 atom stereocenters. The summed E-state index contributed by atoms with van der Waals surface area (Å²) in [5.74, 6) is -2.05. The number of ketones is 1. The van der Waals surface area contributed by atoms with E-state index in [1.54, 1.807) is 24.3 Å². The highest BCUT2D eigenvalue weighted by Gasteiger charge is 2.19. The Balaban J connectivity index is 1.73. The molecule has 0 aromatic heterocycles. The molecular weight excluding hydrogens is 460 g/mol. The molecule has 0 aliphatic rings. The van der Waals surface area contributed by atoms with Gasteiger partial charge in [0, 0.05) is 30.2 Å². The predicted octanol–water partition coefficient (Wildman–Crippen LogP) is 3.71. The highest BCUT2D eigenvalue weighted by molar-refractivity contribution is 5.99. The van der Waals surface area contributed by atoms with Crippen LogP contribution in [0.3, 0.4) is 0 Å². The quantitative estimate of drug-likeness (QED) is 0.193. The number of nitro groups is 1. The molecule has 11 heteroatoms. The molecule has 2 aromatic carbocycles. The zero-order valence-corrected chi connectivity index (χ0v) is 19.4. The number of hydrogen-bond acceptors (Lipinski definition) is 9. The number of amides is 1. The number of methoxy groups -OCH3 is 1. The van der Waals surface area contributed by atoms with E-state index in [0.717, 1.165) is 12.5 Å². The Hall–Kier alpha value is -4.28. The summed E-state index contributed by atoms with van der Waals surface area (Å²) >= 11 is 0. The second kappa shape index (κ2) is 13.4. The number of anilines is 1. The Morgan fingerprint density at radius 2 is 1.66 bits per heavy atom. The fourth-order valence-corrected chi connectivity index (χ4v) is 2.89. The molecule has 0 spiro atoms. The van der Waals surface area contributed by atoms with E-state index >= 15 is 0 Å². The summed E-state index contributed by atoms with van der Waals surface area (Å²) in [5, 5.41) is 13.7. The fraction of sp³-hybridized carbons (Fsp3) is 0.333. The van der Waals surface area contributed by atoms with Crippen molar-refractivity contribution >= 4 is 35.0 Å². The van der Waals surface area contributed by atoms with Crippen molar-refractivity contribution in [3.8, 4) is 5.75 Å². The minimum Gasteiger partial charge on any atom is -0.490 e. The summed E-state index contributed by atoms with van der Waals surface area (Å²) in [6.07, 6.45) is 0.852. The van der Waals surface area contributed by atoms with Crippen LogP contribution in [0.4, 0.5) is 11.4 Å². The number of nitrogens with one attached hydrogen (secondary N) is 1. The summed E-state index contributed by atoms with van der Waals surface area (Å²) in [4.78, 5) is 58.3. The van der Waals surface area contributed by atoms with Crippen LogP contribution in [0, 0.1) is 10.1 Å². The monoisotopic (exact) mass is 486 g/mol. The Morgan fingerprint density at radius 1 is 0.971 bits per heavy atom. The normalized spacial score (nSPS) is 10.2. The van der Waals surface area contributed by atoms with E-state index in [4.69, 9.17) is 14.2 Å². The molecule has 0 saturated heterocycles. The third kappa shape index (κ3) is 8.54. The largest absolute Gasteiger partial charge is 0.490 e. The predicted molar refractivity (Wildman–Crippen MR) is 124 cm³/mol. The average molecular weight is 486 g/mol. The molecule has 0 aliphatic heterocycles. The molecule has 0 unspecified atom stereocenters. The molecular formula is C24H26N2O9. The van der Waals surface area contributed by atoms with Gasteiger partial charge in [-0.1, -0.05) is 6.92 Å². The van der Waals surface area contributed by atoms with Crippen molar-refractivity contribution in [1.29, 1.82) is 0 Å². The van der Waals surface area contributed by atoms with Crippen LogP contribution in [-0.2, 0) is 19.1 Å². The number of hydrogen-bond donors (Lipinski definition) is 1. The molecule has 35 heavy (non-hydrogen) atoms. The highest BCUT2D eigenvalue weighted by atomic mass is 16.6. The van der Waals surface area contributed by atoms with E-state index in [-0.39, 0.29) is 42.2 Å². The van der Waals surface area contributed by atoms with Crippen LogP contribution in [0.15, 0.2) is 42.5 Å². The van der Waals surface area contributed by atoms with Crippen LogP contribution in [0.1, 0.15) is 53.3 Å². The van der Waals surface area contributed by atoms with Crippen molar-refractivity contribution in [2.75, 3.05) is 25.6 Å². The van der Waals surface area contributed by atoms with Crippen LogP contribution >= 0.6 is 0 Å². The SMILES string of the molecule is CCCOC(=O)c1ccc(NC(=O)CCCC(=O)OCC(=O)c2ccc(OC)c([N+](=O)[O-])c2)cc1. The first-order chi connectivity index (χ1) is 16.7. The molecule has 1 N–H and O–H groups in total. The number of nitrogens with zero attached hydrogens (tertiary/aromatic N) is 1. The number of carbonyl (C=O) groups is 4. The van der Waals surface area contributed by atoms with Crippen molar-refractivity contribution in [2.45, 2.75) is 32.6 Å². The van der Waals surface area contributed by atoms with E-state index in [1.165, 1.54) is 19.2 Å². The van der Waals surface area contributed by atoms with Crippen LogP contribution in [0.5, 0.6) is 5.75 Å². The van der Waals surface area contributed by atoms with Crippen molar-refractivity contribution in [2.24, 2.45) is 0 Å². The van der Waals surface area contributed by atoms with Crippen molar-refractivity contribution < 1.29 is 38.3 Å². The van der Waals surface area contributed by atoms with E-state index in [9.17, 15) is 29.3 Å². The maximum atomic E-state index is 12.2. The van der Waals surface area contributed by atoms with Gasteiger partial charge in [0.2, 0.25) is 11.7 Å². The highest BCUT2D eigenvalue weighted by Crippen LogP contribution is 2.27. The summed E-state index contributed by atoms with van der Waals surface area (Å²) in [7, 11) is 1.27. The van der Waals surface area contributed by atoms with Gasteiger partial charge in [0.15, 0.2) is 12.4 Å². The molecule has 0 bridgehead atoms. The fourth-order valence-electron chi connectivity index (χ4n) is 2.89. The molecule has 11 nitrogen and oxygen atoms in total. The first-order valence-corrected chi connectivity index (χ1v) is 10.8. The first-order valence-electron chi connectivity index (χ1n) is 10.8. The first kappa shape index (κ1) is 27.0. The van der Waals surface area contributed by atoms with Crippen LogP contribution in [0.2, 0.25) is 0 Å². The molecule has 0 heterocycles. The lowest BCUT2D eigenvalue weighted by Crippen LogP contribution is -2.16. The molecule has 2 aromatic rings. The zero-order chi connectivity index (χ0) is 25.8. The van der Waals surface area contributed by atoms with Gasteiger partial charge in [0.25, 0.3) is 0 Å². The topological polar surface area (TPSA) is 151 Å². The van der Waals surface area contributed by atoms with Gasteiger partial charge in [-0.05, 0) is 49.2 Å². The Labute approximate surface area is 201 Å². The summed E-state index contributed by atoms with van der Waals surface area (Å²) in [5.41, 5.74) is 0.498. The van der Waals surface area contributed by atoms with E-state index in [1.807, 2.05) is 6.92 Å². The van der Waals surface area contributed by atoms with Crippen molar-refractivity contribution in [3.63, 3.8) is 0 Å².